The van der Waals surface area contributed by atoms with Crippen LogP contribution in [0.1, 0.15) is 44.7 Å². The number of esters is 2. The number of benzene rings is 1. The van der Waals surface area contributed by atoms with Crippen molar-refractivity contribution in [3.8, 4) is 0 Å². The van der Waals surface area contributed by atoms with Gasteiger partial charge in [-0.1, -0.05) is 44.2 Å². The standard InChI is InChI=1S/C23H28N2O7/c1-5-23(29-4)15(2)20(31-16(3)26)21(32-23)25-12-11-18(24-22(25)28)13-19(27)30-14-17-9-7-6-8-10-17/h6-12,15,20-21H,5,13-14H2,1-4H3/t15-,20+,21+,23+/m0/s1. The maximum Gasteiger partial charge on any atom is 0.350 e. The summed E-state index contributed by atoms with van der Waals surface area (Å²) in [6, 6.07) is 10.8. The summed E-state index contributed by atoms with van der Waals surface area (Å²) >= 11 is 0. The number of carbonyl (C=O) groups excluding carboxylic acids is 2. The molecule has 4 atom stereocenters. The van der Waals surface area contributed by atoms with Crippen LogP contribution in [0, 0.1) is 5.92 Å². The summed E-state index contributed by atoms with van der Waals surface area (Å²) in [6.07, 6.45) is 0.174. The van der Waals surface area contributed by atoms with E-state index in [4.69, 9.17) is 18.9 Å². The van der Waals surface area contributed by atoms with Gasteiger partial charge in [0.05, 0.1) is 18.0 Å². The highest BCUT2D eigenvalue weighted by Crippen LogP contribution is 2.45. The van der Waals surface area contributed by atoms with Crippen molar-refractivity contribution in [1.82, 2.24) is 9.55 Å². The lowest BCUT2D eigenvalue weighted by Gasteiger charge is -2.30. The normalized spacial score (nSPS) is 24.8. The molecule has 32 heavy (non-hydrogen) atoms. The smallest absolute Gasteiger partial charge is 0.350 e. The first kappa shape index (κ1) is 23.6. The summed E-state index contributed by atoms with van der Waals surface area (Å²) in [7, 11) is 1.51. The zero-order valence-corrected chi connectivity index (χ0v) is 18.6. The average molecular weight is 444 g/mol. The number of aromatic nitrogens is 2. The quantitative estimate of drug-likeness (QED) is 0.572. The van der Waals surface area contributed by atoms with Gasteiger partial charge in [-0.15, -0.1) is 0 Å². The number of rotatable bonds is 8. The first-order valence-electron chi connectivity index (χ1n) is 10.5. The molecule has 172 valence electrons. The van der Waals surface area contributed by atoms with E-state index < -0.39 is 35.7 Å². The summed E-state index contributed by atoms with van der Waals surface area (Å²) in [5.41, 5.74) is 0.509. The molecule has 2 aromatic rings. The monoisotopic (exact) mass is 444 g/mol. The highest BCUT2D eigenvalue weighted by molar-refractivity contribution is 5.71. The molecule has 0 aliphatic carbocycles. The van der Waals surface area contributed by atoms with Crippen molar-refractivity contribution in [2.75, 3.05) is 7.11 Å². The van der Waals surface area contributed by atoms with E-state index in [-0.39, 0.29) is 24.6 Å². The zero-order chi connectivity index (χ0) is 23.3. The largest absolute Gasteiger partial charge is 0.461 e. The van der Waals surface area contributed by atoms with Crippen LogP contribution < -0.4 is 5.69 Å². The minimum Gasteiger partial charge on any atom is -0.461 e. The third-order valence-electron chi connectivity index (χ3n) is 5.66. The summed E-state index contributed by atoms with van der Waals surface area (Å²) in [4.78, 5) is 40.6. The van der Waals surface area contributed by atoms with Gasteiger partial charge in [-0.25, -0.2) is 4.79 Å². The molecule has 9 heteroatoms. The molecule has 1 fully saturated rings. The Morgan fingerprint density at radius 1 is 1.22 bits per heavy atom. The van der Waals surface area contributed by atoms with E-state index in [2.05, 4.69) is 4.98 Å². The SMILES string of the molecule is CC[C@@]1(OC)O[C@@H](n2ccc(CC(=O)OCc3ccccc3)nc2=O)[C@H](OC(C)=O)[C@@H]1C. The number of methoxy groups -OCH3 is 1. The van der Waals surface area contributed by atoms with Crippen molar-refractivity contribution in [3.05, 3.63) is 64.3 Å². The summed E-state index contributed by atoms with van der Waals surface area (Å²) in [6.45, 7) is 5.17. The molecule has 0 spiro atoms. The molecule has 0 N–H and O–H groups in total. The highest BCUT2D eigenvalue weighted by atomic mass is 16.7. The van der Waals surface area contributed by atoms with Crippen molar-refractivity contribution in [3.63, 3.8) is 0 Å². The minimum atomic E-state index is -1.01. The molecule has 1 aliphatic rings. The maximum absolute atomic E-state index is 12.8. The minimum absolute atomic E-state index is 0.144. The van der Waals surface area contributed by atoms with E-state index in [1.807, 2.05) is 44.2 Å². The van der Waals surface area contributed by atoms with Crippen LogP contribution in [0.4, 0.5) is 0 Å². The van der Waals surface area contributed by atoms with E-state index in [1.165, 1.54) is 24.8 Å². The molecule has 1 saturated heterocycles. The van der Waals surface area contributed by atoms with E-state index in [0.717, 1.165) is 5.56 Å². The number of hydrogen-bond donors (Lipinski definition) is 0. The molecule has 9 nitrogen and oxygen atoms in total. The van der Waals surface area contributed by atoms with Crippen molar-refractivity contribution in [1.29, 1.82) is 0 Å². The number of ether oxygens (including phenoxy) is 4. The van der Waals surface area contributed by atoms with Gasteiger partial charge in [0, 0.05) is 20.2 Å². The molecule has 0 unspecified atom stereocenters. The Balaban J connectivity index is 1.75. The van der Waals surface area contributed by atoms with Gasteiger partial charge >= 0.3 is 17.6 Å². The summed E-state index contributed by atoms with van der Waals surface area (Å²) in [5, 5.41) is 0. The van der Waals surface area contributed by atoms with Crippen LogP contribution in [-0.4, -0.2) is 40.5 Å². The van der Waals surface area contributed by atoms with Gasteiger partial charge in [-0.05, 0) is 18.1 Å². The molecule has 1 aromatic carbocycles. The van der Waals surface area contributed by atoms with Gasteiger partial charge in [0.1, 0.15) is 6.61 Å². The van der Waals surface area contributed by atoms with Crippen molar-refractivity contribution >= 4 is 11.9 Å². The lowest BCUT2D eigenvalue weighted by Crippen LogP contribution is -2.39. The molecule has 0 radical (unpaired) electrons. The second-order valence-electron chi connectivity index (χ2n) is 7.67. The Bertz CT molecular complexity index is 1000. The van der Waals surface area contributed by atoms with Crippen molar-refractivity contribution < 1.29 is 28.5 Å². The number of nitrogens with zero attached hydrogens (tertiary/aromatic N) is 2. The molecule has 0 bridgehead atoms. The van der Waals surface area contributed by atoms with Gasteiger partial charge < -0.3 is 18.9 Å². The molecular formula is C23H28N2O7. The fourth-order valence-electron chi connectivity index (χ4n) is 3.90. The predicted octanol–water partition coefficient (Wildman–Crippen LogP) is 2.38. The van der Waals surface area contributed by atoms with E-state index in [1.54, 1.807) is 6.07 Å². The summed E-state index contributed by atoms with van der Waals surface area (Å²) in [5.74, 6) is -2.32. The van der Waals surface area contributed by atoms with Crippen LogP contribution in [0.5, 0.6) is 0 Å². The Kier molecular flexibility index (Phi) is 7.42. The Morgan fingerprint density at radius 3 is 2.53 bits per heavy atom. The van der Waals surface area contributed by atoms with Crippen LogP contribution >= 0.6 is 0 Å². The van der Waals surface area contributed by atoms with Crippen LogP contribution in [-0.2, 0) is 41.6 Å². The van der Waals surface area contributed by atoms with Crippen LogP contribution in [0.2, 0.25) is 0 Å². The van der Waals surface area contributed by atoms with Crippen molar-refractivity contribution in [2.45, 2.75) is 58.3 Å². The van der Waals surface area contributed by atoms with Gasteiger partial charge in [-0.2, -0.15) is 4.98 Å². The predicted molar refractivity (Wildman–Crippen MR) is 113 cm³/mol. The number of hydrogen-bond acceptors (Lipinski definition) is 8. The van der Waals surface area contributed by atoms with Crippen LogP contribution in [0.15, 0.2) is 47.4 Å². The van der Waals surface area contributed by atoms with Crippen LogP contribution in [0.3, 0.4) is 0 Å². The average Bonchev–Trinajstić information content (AvgIpc) is 3.05. The Labute approximate surface area is 186 Å². The molecule has 1 aromatic heterocycles. The topological polar surface area (TPSA) is 106 Å². The fraction of sp³-hybridized carbons (Fsp3) is 0.478. The van der Waals surface area contributed by atoms with E-state index >= 15 is 0 Å². The summed E-state index contributed by atoms with van der Waals surface area (Å²) < 4.78 is 23.6. The van der Waals surface area contributed by atoms with Gasteiger partial charge in [0.25, 0.3) is 0 Å². The molecular weight excluding hydrogens is 416 g/mol. The third-order valence-corrected chi connectivity index (χ3v) is 5.66. The first-order valence-corrected chi connectivity index (χ1v) is 10.5. The highest BCUT2D eigenvalue weighted by Gasteiger charge is 2.55. The molecule has 3 rings (SSSR count). The molecule has 1 aliphatic heterocycles. The molecule has 2 heterocycles. The second-order valence-corrected chi connectivity index (χ2v) is 7.67. The van der Waals surface area contributed by atoms with Gasteiger partial charge in [0.15, 0.2) is 18.1 Å². The van der Waals surface area contributed by atoms with E-state index in [0.29, 0.717) is 6.42 Å². The van der Waals surface area contributed by atoms with Gasteiger partial charge in [-0.3, -0.25) is 14.2 Å². The Hall–Kier alpha value is -3.04. The third kappa shape index (κ3) is 5.05. The first-order chi connectivity index (χ1) is 15.3. The van der Waals surface area contributed by atoms with Crippen molar-refractivity contribution in [2.24, 2.45) is 5.92 Å². The number of carbonyl (C=O) groups is 2. The van der Waals surface area contributed by atoms with E-state index in [9.17, 15) is 14.4 Å². The Morgan fingerprint density at radius 2 is 1.94 bits per heavy atom. The fourth-order valence-corrected chi connectivity index (χ4v) is 3.90. The molecule has 0 amide bonds. The zero-order valence-electron chi connectivity index (χ0n) is 18.6. The maximum atomic E-state index is 12.8. The lowest BCUT2D eigenvalue weighted by atomic mass is 9.94. The molecule has 0 saturated carbocycles. The van der Waals surface area contributed by atoms with Gasteiger partial charge in [0.2, 0.25) is 0 Å². The van der Waals surface area contributed by atoms with Crippen LogP contribution in [0.25, 0.3) is 0 Å². The lowest BCUT2D eigenvalue weighted by molar-refractivity contribution is -0.242. The second kappa shape index (κ2) is 10.1.